The molecule has 8 heteroatoms. The monoisotopic (exact) mass is 316 g/mol. The molecule has 0 aliphatic heterocycles. The van der Waals surface area contributed by atoms with Crippen molar-refractivity contribution in [1.29, 1.82) is 0 Å². The minimum atomic E-state index is -3.89. The van der Waals surface area contributed by atoms with Crippen LogP contribution in [0.25, 0.3) is 0 Å². The number of aryl methyl sites for hydroxylation is 1. The molecule has 1 rings (SSSR count). The van der Waals surface area contributed by atoms with Crippen molar-refractivity contribution < 1.29 is 22.7 Å². The summed E-state index contributed by atoms with van der Waals surface area (Å²) in [6, 6.07) is 2.90. The number of carbonyl (C=O) groups is 1. The van der Waals surface area contributed by atoms with Crippen molar-refractivity contribution in [2.75, 3.05) is 14.2 Å². The molecule has 0 aliphatic rings. The largest absolute Gasteiger partial charge is 0.493 e. The van der Waals surface area contributed by atoms with Crippen molar-refractivity contribution in [2.24, 2.45) is 5.92 Å². The number of hydrogen-bond acceptors (Lipinski definition) is 5. The molecule has 0 bridgehead atoms. The molecule has 0 spiro atoms. The van der Waals surface area contributed by atoms with Gasteiger partial charge < -0.3 is 9.47 Å². The van der Waals surface area contributed by atoms with Gasteiger partial charge >= 0.3 is 0 Å². The van der Waals surface area contributed by atoms with Gasteiger partial charge in [-0.1, -0.05) is 13.8 Å². The molecule has 0 fully saturated rings. The van der Waals surface area contributed by atoms with Crippen LogP contribution >= 0.6 is 0 Å². The molecule has 0 saturated carbocycles. The fraction of sp³-hybridized carbons (Fsp3) is 0.462. The first-order chi connectivity index (χ1) is 9.72. The third kappa shape index (κ3) is 4.08. The molecular weight excluding hydrogens is 296 g/mol. The van der Waals surface area contributed by atoms with Gasteiger partial charge in [0.05, 0.1) is 19.1 Å². The van der Waals surface area contributed by atoms with E-state index in [0.717, 1.165) is 0 Å². The number of carbonyl (C=O) groups excluding carboxylic acids is 1. The zero-order valence-electron chi connectivity index (χ0n) is 12.7. The smallest absolute Gasteiger partial charge is 0.257 e. The summed E-state index contributed by atoms with van der Waals surface area (Å²) in [5.74, 6) is -0.0327. The Morgan fingerprint density at radius 3 is 2.14 bits per heavy atom. The van der Waals surface area contributed by atoms with Gasteiger partial charge in [0.25, 0.3) is 10.0 Å². The minimum Gasteiger partial charge on any atom is -0.493 e. The fourth-order valence-electron chi connectivity index (χ4n) is 1.57. The van der Waals surface area contributed by atoms with Crippen LogP contribution in [0.3, 0.4) is 0 Å². The third-order valence-electron chi connectivity index (χ3n) is 2.80. The lowest BCUT2D eigenvalue weighted by Gasteiger charge is -2.14. The lowest BCUT2D eigenvalue weighted by Crippen LogP contribution is -2.43. The second-order valence-corrected chi connectivity index (χ2v) is 6.37. The van der Waals surface area contributed by atoms with Crippen LogP contribution in [-0.2, 0) is 14.8 Å². The van der Waals surface area contributed by atoms with Crippen LogP contribution in [0.15, 0.2) is 17.0 Å². The van der Waals surface area contributed by atoms with Crippen molar-refractivity contribution in [3.8, 4) is 11.5 Å². The maximum absolute atomic E-state index is 12.2. The summed E-state index contributed by atoms with van der Waals surface area (Å²) in [6.45, 7) is 4.94. The number of rotatable bonds is 6. The molecule has 7 nitrogen and oxygen atoms in total. The summed E-state index contributed by atoms with van der Waals surface area (Å²) in [4.78, 5) is 13.5. The predicted molar refractivity (Wildman–Crippen MR) is 77.6 cm³/mol. The average molecular weight is 316 g/mol. The molecule has 0 unspecified atom stereocenters. The summed E-state index contributed by atoms with van der Waals surface area (Å²) >= 11 is 0. The molecule has 1 aromatic carbocycles. The van der Waals surface area contributed by atoms with Gasteiger partial charge in [-0.15, -0.1) is 4.83 Å². The lowest BCUT2D eigenvalue weighted by atomic mass is 10.2. The number of benzene rings is 1. The number of ether oxygens (including phenoxy) is 2. The first-order valence-corrected chi connectivity index (χ1v) is 7.75. The van der Waals surface area contributed by atoms with Gasteiger partial charge in [-0.05, 0) is 18.6 Å². The van der Waals surface area contributed by atoms with Crippen LogP contribution < -0.4 is 19.7 Å². The van der Waals surface area contributed by atoms with E-state index in [1.54, 1.807) is 26.8 Å². The van der Waals surface area contributed by atoms with Gasteiger partial charge in [0, 0.05) is 12.0 Å². The Balaban J connectivity index is 3.11. The number of hydrazine groups is 1. The SMILES string of the molecule is COc1cc(C)c(S(=O)(=O)NNC(=O)C(C)C)cc1OC. The number of hydrogen-bond donors (Lipinski definition) is 2. The summed E-state index contributed by atoms with van der Waals surface area (Å²) in [7, 11) is -1.02. The maximum Gasteiger partial charge on any atom is 0.257 e. The lowest BCUT2D eigenvalue weighted by molar-refractivity contribution is -0.124. The van der Waals surface area contributed by atoms with Gasteiger partial charge in [0.2, 0.25) is 5.91 Å². The molecule has 0 aromatic heterocycles. The van der Waals surface area contributed by atoms with Crippen LogP contribution in [0.5, 0.6) is 11.5 Å². The van der Waals surface area contributed by atoms with E-state index in [0.29, 0.717) is 17.1 Å². The van der Waals surface area contributed by atoms with Crippen LogP contribution in [0, 0.1) is 12.8 Å². The molecular formula is C13H20N2O5S. The van der Waals surface area contributed by atoms with Crippen molar-refractivity contribution >= 4 is 15.9 Å². The van der Waals surface area contributed by atoms with Gasteiger partial charge in [-0.3, -0.25) is 10.2 Å². The summed E-state index contributed by atoms with van der Waals surface area (Å²) in [6.07, 6.45) is 0. The van der Waals surface area contributed by atoms with E-state index in [1.807, 2.05) is 0 Å². The van der Waals surface area contributed by atoms with E-state index in [2.05, 4.69) is 10.3 Å². The third-order valence-corrected chi connectivity index (χ3v) is 4.19. The standard InChI is InChI=1S/C13H20N2O5S/c1-8(2)13(16)14-15-21(17,18)12-7-11(20-5)10(19-4)6-9(12)3/h6-8,15H,1-5H3,(H,14,16). The zero-order chi connectivity index (χ0) is 16.2. The summed E-state index contributed by atoms with van der Waals surface area (Å²) in [5.41, 5.74) is 2.64. The highest BCUT2D eigenvalue weighted by atomic mass is 32.2. The molecule has 0 saturated heterocycles. The Bertz CT molecular complexity index is 626. The Morgan fingerprint density at radius 2 is 1.67 bits per heavy atom. The Morgan fingerprint density at radius 1 is 1.14 bits per heavy atom. The first-order valence-electron chi connectivity index (χ1n) is 6.27. The van der Waals surface area contributed by atoms with E-state index >= 15 is 0 Å². The quantitative estimate of drug-likeness (QED) is 0.763. The van der Waals surface area contributed by atoms with Crippen molar-refractivity contribution in [2.45, 2.75) is 25.7 Å². The number of nitrogens with one attached hydrogen (secondary N) is 2. The molecule has 2 N–H and O–H groups in total. The predicted octanol–water partition coefficient (Wildman–Crippen LogP) is 0.978. The summed E-state index contributed by atoms with van der Waals surface area (Å²) in [5, 5.41) is 0. The van der Waals surface area contributed by atoms with Gasteiger partial charge in [0.15, 0.2) is 11.5 Å². The normalized spacial score (nSPS) is 11.3. The number of amides is 1. The van der Waals surface area contributed by atoms with Crippen molar-refractivity contribution in [3.63, 3.8) is 0 Å². The fourth-order valence-corrected chi connectivity index (χ4v) is 2.66. The van der Waals surface area contributed by atoms with Gasteiger partial charge in [0.1, 0.15) is 0 Å². The number of sulfonamides is 1. The van der Waals surface area contributed by atoms with Crippen LogP contribution in [0.1, 0.15) is 19.4 Å². The maximum atomic E-state index is 12.2. The van der Waals surface area contributed by atoms with E-state index < -0.39 is 15.9 Å². The molecule has 21 heavy (non-hydrogen) atoms. The van der Waals surface area contributed by atoms with Crippen molar-refractivity contribution in [3.05, 3.63) is 17.7 Å². The van der Waals surface area contributed by atoms with Crippen LogP contribution in [0.2, 0.25) is 0 Å². The number of methoxy groups -OCH3 is 2. The van der Waals surface area contributed by atoms with Gasteiger partial charge in [-0.25, -0.2) is 8.42 Å². The zero-order valence-corrected chi connectivity index (χ0v) is 13.5. The van der Waals surface area contributed by atoms with Gasteiger partial charge in [-0.2, -0.15) is 0 Å². The molecule has 0 radical (unpaired) electrons. The van der Waals surface area contributed by atoms with Crippen molar-refractivity contribution in [1.82, 2.24) is 10.3 Å². The summed E-state index contributed by atoms with van der Waals surface area (Å²) < 4.78 is 34.6. The highest BCUT2D eigenvalue weighted by Crippen LogP contribution is 2.32. The molecule has 0 aliphatic carbocycles. The highest BCUT2D eigenvalue weighted by molar-refractivity contribution is 7.89. The molecule has 118 valence electrons. The molecule has 0 atom stereocenters. The molecule has 0 heterocycles. The average Bonchev–Trinajstić information content (AvgIpc) is 2.43. The van der Waals surface area contributed by atoms with E-state index in [4.69, 9.17) is 9.47 Å². The minimum absolute atomic E-state index is 0.00389. The van der Waals surface area contributed by atoms with Crippen LogP contribution in [0.4, 0.5) is 0 Å². The Hall–Kier alpha value is -1.80. The molecule has 1 amide bonds. The molecule has 1 aromatic rings. The van der Waals surface area contributed by atoms with E-state index in [-0.39, 0.29) is 10.8 Å². The second-order valence-electron chi connectivity index (χ2n) is 4.72. The van der Waals surface area contributed by atoms with E-state index in [1.165, 1.54) is 20.3 Å². The Labute approximate surface area is 124 Å². The first kappa shape index (κ1) is 17.3. The second kappa shape index (κ2) is 6.77. The van der Waals surface area contributed by atoms with Crippen LogP contribution in [-0.4, -0.2) is 28.5 Å². The van der Waals surface area contributed by atoms with E-state index in [9.17, 15) is 13.2 Å². The highest BCUT2D eigenvalue weighted by Gasteiger charge is 2.21. The Kier molecular flexibility index (Phi) is 5.56. The topological polar surface area (TPSA) is 93.7 Å².